The van der Waals surface area contributed by atoms with Crippen molar-refractivity contribution < 1.29 is 23.1 Å². The molecule has 1 rings (SSSR count). The van der Waals surface area contributed by atoms with Crippen LogP contribution in [0.1, 0.15) is 17.3 Å². The Balaban J connectivity index is 3.04. The summed E-state index contributed by atoms with van der Waals surface area (Å²) in [7, 11) is 1.18. The van der Waals surface area contributed by atoms with Gasteiger partial charge < -0.3 is 15.4 Å². The Morgan fingerprint density at radius 2 is 1.95 bits per heavy atom. The van der Waals surface area contributed by atoms with E-state index in [1.807, 2.05) is 0 Å². The fourth-order valence-corrected chi connectivity index (χ4v) is 1.45. The van der Waals surface area contributed by atoms with Gasteiger partial charge in [0.2, 0.25) is 0 Å². The fraction of sp³-hybridized carbons (Fsp3) is 0.333. The summed E-state index contributed by atoms with van der Waals surface area (Å²) in [4.78, 5) is 24.2. The Hall–Kier alpha value is -2.18. The number of carbonyl (C=O) groups excluding carboxylic acids is 2. The van der Waals surface area contributed by atoms with Crippen molar-refractivity contribution in [2.45, 2.75) is 6.92 Å². The lowest BCUT2D eigenvalue weighted by atomic mass is 10.1. The molecule has 104 valence electrons. The number of benzene rings is 1. The van der Waals surface area contributed by atoms with E-state index in [9.17, 15) is 18.4 Å². The first kappa shape index (κ1) is 14.9. The number of hydrogen-bond donors (Lipinski definition) is 1. The van der Waals surface area contributed by atoms with Crippen molar-refractivity contribution in [2.24, 2.45) is 0 Å². The lowest BCUT2D eigenvalue weighted by Gasteiger charge is -2.19. The van der Waals surface area contributed by atoms with E-state index in [4.69, 9.17) is 5.73 Å². The molecule has 1 aromatic rings. The van der Waals surface area contributed by atoms with Gasteiger partial charge in [0.15, 0.2) is 0 Å². The smallest absolute Gasteiger partial charge is 0.325 e. The van der Waals surface area contributed by atoms with Gasteiger partial charge in [-0.25, -0.2) is 8.78 Å². The van der Waals surface area contributed by atoms with Crippen LogP contribution in [-0.2, 0) is 9.53 Å². The summed E-state index contributed by atoms with van der Waals surface area (Å²) in [5.41, 5.74) is 4.57. The Kier molecular flexibility index (Phi) is 4.80. The van der Waals surface area contributed by atoms with Crippen LogP contribution in [0.4, 0.5) is 14.5 Å². The van der Waals surface area contributed by atoms with Crippen molar-refractivity contribution in [3.63, 3.8) is 0 Å². The molecule has 0 spiro atoms. The second-order valence-electron chi connectivity index (χ2n) is 3.75. The summed E-state index contributed by atoms with van der Waals surface area (Å²) >= 11 is 0. The number of methoxy groups -OCH3 is 1. The first-order chi connectivity index (χ1) is 8.90. The molecule has 0 aromatic heterocycles. The molecule has 0 aliphatic heterocycles. The number of nitrogens with zero attached hydrogens (tertiary/aromatic N) is 1. The van der Waals surface area contributed by atoms with Crippen LogP contribution < -0.4 is 5.73 Å². The number of ether oxygens (including phenoxy) is 1. The lowest BCUT2D eigenvalue weighted by Crippen LogP contribution is -2.36. The largest absolute Gasteiger partial charge is 0.468 e. The highest BCUT2D eigenvalue weighted by Crippen LogP contribution is 2.18. The molecule has 0 aliphatic carbocycles. The standard InChI is InChI=1S/C12H14F2N2O3/c1-3-16(6-11(17)19-2)12(18)7-4-10(15)9(14)5-8(7)13/h4-5H,3,6,15H2,1-2H3. The first-order valence-corrected chi connectivity index (χ1v) is 5.51. The van der Waals surface area contributed by atoms with Crippen LogP contribution >= 0.6 is 0 Å². The van der Waals surface area contributed by atoms with Gasteiger partial charge in [0.25, 0.3) is 5.91 Å². The second kappa shape index (κ2) is 6.12. The maximum Gasteiger partial charge on any atom is 0.325 e. The van der Waals surface area contributed by atoms with Gasteiger partial charge in [-0.3, -0.25) is 9.59 Å². The number of halogens is 2. The number of anilines is 1. The number of rotatable bonds is 4. The van der Waals surface area contributed by atoms with Crippen molar-refractivity contribution >= 4 is 17.6 Å². The van der Waals surface area contributed by atoms with E-state index in [0.29, 0.717) is 6.07 Å². The maximum atomic E-state index is 13.5. The van der Waals surface area contributed by atoms with E-state index in [0.717, 1.165) is 11.0 Å². The number of esters is 1. The van der Waals surface area contributed by atoms with Crippen LogP contribution in [0.15, 0.2) is 12.1 Å². The molecule has 19 heavy (non-hydrogen) atoms. The van der Waals surface area contributed by atoms with Crippen LogP contribution in [0.5, 0.6) is 0 Å². The summed E-state index contributed by atoms with van der Waals surface area (Å²) in [6.07, 6.45) is 0. The molecule has 0 bridgehead atoms. The van der Waals surface area contributed by atoms with Gasteiger partial charge in [0.1, 0.15) is 18.2 Å². The van der Waals surface area contributed by atoms with Crippen molar-refractivity contribution in [1.82, 2.24) is 4.90 Å². The average Bonchev–Trinajstić information content (AvgIpc) is 2.39. The van der Waals surface area contributed by atoms with Gasteiger partial charge in [-0.15, -0.1) is 0 Å². The normalized spacial score (nSPS) is 10.1. The Labute approximate surface area is 108 Å². The van der Waals surface area contributed by atoms with Gasteiger partial charge in [0.05, 0.1) is 18.4 Å². The quantitative estimate of drug-likeness (QED) is 0.660. The van der Waals surface area contributed by atoms with Crippen LogP contribution in [-0.4, -0.2) is 37.0 Å². The van der Waals surface area contributed by atoms with E-state index < -0.39 is 23.5 Å². The third kappa shape index (κ3) is 3.40. The SMILES string of the molecule is CCN(CC(=O)OC)C(=O)c1cc(N)c(F)cc1F. The third-order valence-electron chi connectivity index (χ3n) is 2.53. The Morgan fingerprint density at radius 1 is 1.32 bits per heavy atom. The molecule has 1 amide bonds. The first-order valence-electron chi connectivity index (χ1n) is 5.51. The molecule has 0 fully saturated rings. The predicted molar refractivity (Wildman–Crippen MR) is 64.4 cm³/mol. The molecule has 0 radical (unpaired) electrons. The zero-order chi connectivity index (χ0) is 14.6. The van der Waals surface area contributed by atoms with E-state index in [1.165, 1.54) is 7.11 Å². The minimum absolute atomic E-state index is 0.171. The Bertz CT molecular complexity index is 506. The fourth-order valence-electron chi connectivity index (χ4n) is 1.45. The number of nitrogen functional groups attached to an aromatic ring is 1. The van der Waals surface area contributed by atoms with Gasteiger partial charge in [-0.2, -0.15) is 0 Å². The molecule has 0 unspecified atom stereocenters. The average molecular weight is 272 g/mol. The molecular weight excluding hydrogens is 258 g/mol. The van der Waals surface area contributed by atoms with E-state index >= 15 is 0 Å². The van der Waals surface area contributed by atoms with Crippen LogP contribution in [0.3, 0.4) is 0 Å². The minimum atomic E-state index is -1.03. The van der Waals surface area contributed by atoms with Gasteiger partial charge in [-0.1, -0.05) is 0 Å². The summed E-state index contributed by atoms with van der Waals surface area (Å²) in [5, 5.41) is 0. The highest BCUT2D eigenvalue weighted by Gasteiger charge is 2.22. The number of hydrogen-bond acceptors (Lipinski definition) is 4. The Morgan fingerprint density at radius 3 is 2.47 bits per heavy atom. The van der Waals surface area contributed by atoms with Gasteiger partial charge in [0, 0.05) is 12.6 Å². The lowest BCUT2D eigenvalue weighted by molar-refractivity contribution is -0.141. The summed E-state index contributed by atoms with van der Waals surface area (Å²) in [6, 6.07) is 1.45. The molecule has 0 aliphatic rings. The second-order valence-corrected chi connectivity index (χ2v) is 3.75. The molecule has 1 aromatic carbocycles. The van der Waals surface area contributed by atoms with Crippen molar-refractivity contribution in [1.29, 1.82) is 0 Å². The minimum Gasteiger partial charge on any atom is -0.468 e. The zero-order valence-electron chi connectivity index (χ0n) is 10.6. The molecule has 7 heteroatoms. The summed E-state index contributed by atoms with van der Waals surface area (Å²) < 4.78 is 31.0. The monoisotopic (exact) mass is 272 g/mol. The highest BCUT2D eigenvalue weighted by molar-refractivity contribution is 5.97. The predicted octanol–water partition coefficient (Wildman–Crippen LogP) is 1.18. The van der Waals surface area contributed by atoms with Crippen molar-refractivity contribution in [3.8, 4) is 0 Å². The maximum absolute atomic E-state index is 13.5. The highest BCUT2D eigenvalue weighted by atomic mass is 19.1. The topological polar surface area (TPSA) is 72.6 Å². The molecule has 0 atom stereocenters. The molecular formula is C12H14F2N2O3. The van der Waals surface area contributed by atoms with E-state index in [-0.39, 0.29) is 24.3 Å². The molecule has 0 heterocycles. The number of amides is 1. The summed E-state index contributed by atoms with van der Waals surface area (Å²) in [5.74, 6) is -3.35. The number of nitrogens with two attached hydrogens (primary N) is 1. The molecule has 0 saturated carbocycles. The van der Waals surface area contributed by atoms with E-state index in [1.54, 1.807) is 6.92 Å². The van der Waals surface area contributed by atoms with Gasteiger partial charge in [-0.05, 0) is 13.0 Å². The molecule has 2 N–H and O–H groups in total. The van der Waals surface area contributed by atoms with E-state index in [2.05, 4.69) is 4.74 Å². The molecule has 5 nitrogen and oxygen atoms in total. The van der Waals surface area contributed by atoms with Gasteiger partial charge >= 0.3 is 5.97 Å². The van der Waals surface area contributed by atoms with Crippen molar-refractivity contribution in [3.05, 3.63) is 29.3 Å². The summed E-state index contributed by atoms with van der Waals surface area (Å²) in [6.45, 7) is 1.47. The van der Waals surface area contributed by atoms with Crippen LogP contribution in [0.2, 0.25) is 0 Å². The zero-order valence-corrected chi connectivity index (χ0v) is 10.6. The number of likely N-dealkylation sites (N-methyl/N-ethyl adjacent to an activating group) is 1. The molecule has 0 saturated heterocycles. The van der Waals surface area contributed by atoms with Crippen LogP contribution in [0.25, 0.3) is 0 Å². The third-order valence-corrected chi connectivity index (χ3v) is 2.53. The van der Waals surface area contributed by atoms with Crippen LogP contribution in [0, 0.1) is 11.6 Å². The van der Waals surface area contributed by atoms with Crippen molar-refractivity contribution in [2.75, 3.05) is 25.9 Å². The number of carbonyl (C=O) groups is 2.